The third-order valence-corrected chi connectivity index (χ3v) is 5.59. The molecule has 1 saturated carbocycles. The second-order valence-corrected chi connectivity index (χ2v) is 7.94. The molecule has 1 amide bonds. The van der Waals surface area contributed by atoms with Crippen LogP contribution in [0.3, 0.4) is 0 Å². The minimum Gasteiger partial charge on any atom is -0.342 e. The van der Waals surface area contributed by atoms with Crippen LogP contribution in [0.2, 0.25) is 0 Å². The molecule has 3 rings (SSSR count). The van der Waals surface area contributed by atoms with Crippen molar-refractivity contribution < 1.29 is 4.79 Å². The summed E-state index contributed by atoms with van der Waals surface area (Å²) in [6, 6.07) is 7.67. The molecule has 7 heteroatoms. The molecule has 0 aromatic carbocycles. The maximum atomic E-state index is 12.8. The van der Waals surface area contributed by atoms with Gasteiger partial charge in [-0.15, -0.1) is 0 Å². The van der Waals surface area contributed by atoms with Crippen molar-refractivity contribution in [3.05, 3.63) is 62.6 Å². The second-order valence-electron chi connectivity index (χ2n) is 6.17. The first-order valence-corrected chi connectivity index (χ1v) is 9.78. The van der Waals surface area contributed by atoms with Crippen molar-refractivity contribution in [1.82, 2.24) is 15.3 Å². The Balaban J connectivity index is 1.89. The summed E-state index contributed by atoms with van der Waals surface area (Å²) in [6.07, 6.45) is 10.3. The third kappa shape index (κ3) is 4.02. The summed E-state index contributed by atoms with van der Waals surface area (Å²) in [7, 11) is 0. The van der Waals surface area contributed by atoms with E-state index in [0.717, 1.165) is 35.7 Å². The molecule has 2 aromatic rings. The van der Waals surface area contributed by atoms with E-state index in [1.165, 1.54) is 6.08 Å². The molecule has 2 aromatic heterocycles. The van der Waals surface area contributed by atoms with Gasteiger partial charge in [-0.3, -0.25) is 14.8 Å². The van der Waals surface area contributed by atoms with Crippen molar-refractivity contribution in [2.45, 2.75) is 31.2 Å². The van der Waals surface area contributed by atoms with E-state index in [4.69, 9.17) is 0 Å². The van der Waals surface area contributed by atoms with Gasteiger partial charge in [0.25, 0.3) is 5.91 Å². The topological polar surface area (TPSA) is 78.7 Å². The number of halogens is 2. The van der Waals surface area contributed by atoms with E-state index in [-0.39, 0.29) is 11.5 Å². The Hall–Kier alpha value is -2.04. The highest BCUT2D eigenvalue weighted by Crippen LogP contribution is 2.38. The molecule has 0 spiro atoms. The van der Waals surface area contributed by atoms with Gasteiger partial charge in [-0.2, -0.15) is 5.26 Å². The van der Waals surface area contributed by atoms with E-state index in [2.05, 4.69) is 47.1 Å². The molecule has 0 saturated heterocycles. The third-order valence-electron chi connectivity index (χ3n) is 4.53. The van der Waals surface area contributed by atoms with Crippen molar-refractivity contribution in [3.8, 4) is 6.07 Å². The van der Waals surface area contributed by atoms with Crippen LogP contribution in [-0.2, 0) is 10.3 Å². The molecule has 1 aliphatic rings. The lowest BCUT2D eigenvalue weighted by atomic mass is 9.88. The molecule has 26 heavy (non-hydrogen) atoms. The molecular formula is C19H16Br2N4O. The van der Waals surface area contributed by atoms with Gasteiger partial charge in [0.2, 0.25) is 0 Å². The molecular weight excluding hydrogens is 460 g/mol. The maximum absolute atomic E-state index is 12.8. The number of nitrogens with one attached hydrogen (secondary N) is 1. The maximum Gasteiger partial charge on any atom is 0.262 e. The van der Waals surface area contributed by atoms with Gasteiger partial charge < -0.3 is 5.32 Å². The van der Waals surface area contributed by atoms with E-state index in [1.54, 1.807) is 18.6 Å². The first kappa shape index (κ1) is 18.7. The number of nitriles is 1. The largest absolute Gasteiger partial charge is 0.342 e. The van der Waals surface area contributed by atoms with Crippen LogP contribution in [0, 0.1) is 11.3 Å². The van der Waals surface area contributed by atoms with Crippen LogP contribution >= 0.6 is 31.9 Å². The molecule has 0 aliphatic heterocycles. The second kappa shape index (κ2) is 8.11. The van der Waals surface area contributed by atoms with Gasteiger partial charge in [-0.25, -0.2) is 0 Å². The number of aromatic nitrogens is 2. The van der Waals surface area contributed by atoms with Gasteiger partial charge in [-0.05, 0) is 74.5 Å². The fourth-order valence-electron chi connectivity index (χ4n) is 3.24. The average molecular weight is 476 g/mol. The zero-order valence-corrected chi connectivity index (χ0v) is 17.0. The van der Waals surface area contributed by atoms with Gasteiger partial charge in [0, 0.05) is 27.5 Å². The molecule has 5 nitrogen and oxygen atoms in total. The number of hydrogen-bond donors (Lipinski definition) is 1. The minimum atomic E-state index is -0.444. The molecule has 132 valence electrons. The summed E-state index contributed by atoms with van der Waals surface area (Å²) in [5.74, 6) is -0.386. The SMILES string of the molecule is N#CC(=Cc1ncc(Br)cc1Br)C(=O)NC1(c2ccncc2)CCCC1. The standard InChI is InChI=1S/C19H16Br2N4O/c20-15-10-16(21)17(24-12-15)9-13(11-22)18(26)25-19(5-1-2-6-19)14-3-7-23-8-4-14/h3-4,7-10,12H,1-2,5-6H2,(H,25,26). The Kier molecular flexibility index (Phi) is 5.84. The van der Waals surface area contributed by atoms with Crippen LogP contribution in [0.15, 0.2) is 51.3 Å². The lowest BCUT2D eigenvalue weighted by molar-refractivity contribution is -0.119. The zero-order valence-electron chi connectivity index (χ0n) is 13.9. The highest BCUT2D eigenvalue weighted by atomic mass is 79.9. The Labute approximate surface area is 168 Å². The molecule has 0 bridgehead atoms. The molecule has 0 radical (unpaired) electrons. The summed E-state index contributed by atoms with van der Waals surface area (Å²) in [6.45, 7) is 0. The predicted octanol–water partition coefficient (Wildman–Crippen LogP) is 4.49. The van der Waals surface area contributed by atoms with Crippen LogP contribution in [0.5, 0.6) is 0 Å². The Morgan fingerprint density at radius 1 is 1.27 bits per heavy atom. The van der Waals surface area contributed by atoms with E-state index < -0.39 is 5.54 Å². The molecule has 0 atom stereocenters. The van der Waals surface area contributed by atoms with Crippen LogP contribution in [-0.4, -0.2) is 15.9 Å². The van der Waals surface area contributed by atoms with E-state index >= 15 is 0 Å². The number of nitrogens with zero attached hydrogens (tertiary/aromatic N) is 3. The summed E-state index contributed by atoms with van der Waals surface area (Å²) < 4.78 is 1.52. The number of carbonyl (C=O) groups is 1. The Bertz CT molecular complexity index is 884. The molecule has 1 aliphatic carbocycles. The van der Waals surface area contributed by atoms with Crippen molar-refractivity contribution in [2.75, 3.05) is 0 Å². The van der Waals surface area contributed by atoms with Gasteiger partial charge in [0.05, 0.1) is 11.2 Å². The first-order valence-electron chi connectivity index (χ1n) is 8.20. The summed E-state index contributed by atoms with van der Waals surface area (Å²) in [5.41, 5.74) is 1.14. The van der Waals surface area contributed by atoms with Gasteiger partial charge in [0.1, 0.15) is 11.6 Å². The smallest absolute Gasteiger partial charge is 0.262 e. The van der Waals surface area contributed by atoms with Gasteiger partial charge in [-0.1, -0.05) is 12.8 Å². The van der Waals surface area contributed by atoms with Crippen LogP contribution in [0.4, 0.5) is 0 Å². The Morgan fingerprint density at radius 2 is 1.96 bits per heavy atom. The minimum absolute atomic E-state index is 0.0286. The van der Waals surface area contributed by atoms with Crippen molar-refractivity contribution >= 4 is 43.8 Å². The average Bonchev–Trinajstić information content (AvgIpc) is 3.11. The molecule has 0 unspecified atom stereocenters. The monoisotopic (exact) mass is 474 g/mol. The highest BCUT2D eigenvalue weighted by molar-refractivity contribution is 9.11. The fourth-order valence-corrected chi connectivity index (χ4v) is 4.34. The van der Waals surface area contributed by atoms with E-state index in [0.29, 0.717) is 10.2 Å². The molecule has 1 fully saturated rings. The molecule has 2 heterocycles. The number of carbonyl (C=O) groups excluding carboxylic acids is 1. The number of pyridine rings is 2. The van der Waals surface area contributed by atoms with E-state index in [1.807, 2.05) is 24.3 Å². The number of hydrogen-bond acceptors (Lipinski definition) is 4. The number of amides is 1. The zero-order chi connectivity index (χ0) is 18.6. The lowest BCUT2D eigenvalue weighted by Gasteiger charge is -2.30. The summed E-state index contributed by atoms with van der Waals surface area (Å²) >= 11 is 6.74. The van der Waals surface area contributed by atoms with Crippen molar-refractivity contribution in [3.63, 3.8) is 0 Å². The van der Waals surface area contributed by atoms with E-state index in [9.17, 15) is 10.1 Å². The van der Waals surface area contributed by atoms with Crippen molar-refractivity contribution in [1.29, 1.82) is 5.26 Å². The van der Waals surface area contributed by atoms with Gasteiger partial charge in [0.15, 0.2) is 0 Å². The summed E-state index contributed by atoms with van der Waals surface area (Å²) in [4.78, 5) is 21.1. The van der Waals surface area contributed by atoms with Crippen molar-refractivity contribution in [2.24, 2.45) is 0 Å². The quantitative estimate of drug-likeness (QED) is 0.521. The van der Waals surface area contributed by atoms with Crippen LogP contribution in [0.1, 0.15) is 36.9 Å². The van der Waals surface area contributed by atoms with Crippen LogP contribution in [0.25, 0.3) is 6.08 Å². The first-order chi connectivity index (χ1) is 12.5. The number of rotatable bonds is 4. The lowest BCUT2D eigenvalue weighted by Crippen LogP contribution is -2.44. The predicted molar refractivity (Wildman–Crippen MR) is 106 cm³/mol. The summed E-state index contributed by atoms with van der Waals surface area (Å²) in [5, 5.41) is 12.6. The Morgan fingerprint density at radius 3 is 2.58 bits per heavy atom. The normalized spacial score (nSPS) is 16.1. The molecule has 1 N–H and O–H groups in total. The highest BCUT2D eigenvalue weighted by Gasteiger charge is 2.37. The fraction of sp³-hybridized carbons (Fsp3) is 0.263. The van der Waals surface area contributed by atoms with Gasteiger partial charge >= 0.3 is 0 Å². The van der Waals surface area contributed by atoms with Crippen LogP contribution < -0.4 is 5.32 Å².